The second kappa shape index (κ2) is 6.58. The maximum atomic E-state index is 5.40. The molecule has 0 saturated carbocycles. The zero-order valence-corrected chi connectivity index (χ0v) is 10.8. The van der Waals surface area contributed by atoms with Crippen LogP contribution in [0.25, 0.3) is 0 Å². The van der Waals surface area contributed by atoms with E-state index in [0.29, 0.717) is 6.61 Å². The van der Waals surface area contributed by atoms with Crippen LogP contribution in [-0.2, 0) is 4.84 Å². The lowest BCUT2D eigenvalue weighted by atomic mass is 10.2. The minimum absolute atomic E-state index is 0.592. The molecule has 0 bridgehead atoms. The summed E-state index contributed by atoms with van der Waals surface area (Å²) in [4.78, 5) is 9.34. The highest BCUT2D eigenvalue weighted by Crippen LogP contribution is 2.28. The maximum Gasteiger partial charge on any atom is 0.142 e. The topological polar surface area (TPSA) is 51.0 Å². The molecule has 0 aliphatic carbocycles. The van der Waals surface area contributed by atoms with Crippen molar-refractivity contribution in [3.63, 3.8) is 0 Å². The normalized spacial score (nSPS) is 16.9. The fourth-order valence-corrected chi connectivity index (χ4v) is 2.29. The molecule has 1 aromatic carbocycles. The number of methoxy groups -OCH3 is 1. The highest BCUT2D eigenvalue weighted by Gasteiger charge is 2.18. The summed E-state index contributed by atoms with van der Waals surface area (Å²) in [5.74, 6) is 5.99. The van der Waals surface area contributed by atoms with Crippen LogP contribution in [0.15, 0.2) is 24.3 Å². The van der Waals surface area contributed by atoms with Crippen LogP contribution in [0.1, 0.15) is 0 Å². The second-order valence-electron chi connectivity index (χ2n) is 4.37. The van der Waals surface area contributed by atoms with Gasteiger partial charge in [0.15, 0.2) is 0 Å². The lowest BCUT2D eigenvalue weighted by Crippen LogP contribution is -2.47. The summed E-state index contributed by atoms with van der Waals surface area (Å²) in [6, 6.07) is 8.16. The summed E-state index contributed by atoms with van der Waals surface area (Å²) in [5.41, 5.74) is 1.18. The molecule has 0 unspecified atom stereocenters. The maximum absolute atomic E-state index is 5.40. The Morgan fingerprint density at radius 2 is 1.89 bits per heavy atom. The van der Waals surface area contributed by atoms with Crippen molar-refractivity contribution in [2.45, 2.75) is 0 Å². The summed E-state index contributed by atoms with van der Waals surface area (Å²) < 4.78 is 5.40. The van der Waals surface area contributed by atoms with Crippen molar-refractivity contribution >= 4 is 5.69 Å². The number of nitrogens with zero attached hydrogens (tertiary/aromatic N) is 2. The average molecular weight is 251 g/mol. The predicted octanol–water partition coefficient (Wildman–Crippen LogP) is 0.707. The number of rotatable bonds is 5. The first-order valence-corrected chi connectivity index (χ1v) is 6.27. The van der Waals surface area contributed by atoms with Crippen LogP contribution in [-0.4, -0.2) is 51.3 Å². The van der Waals surface area contributed by atoms with E-state index in [1.54, 1.807) is 7.11 Å². The minimum atomic E-state index is 0.592. The van der Waals surface area contributed by atoms with Gasteiger partial charge in [-0.25, -0.2) is 5.90 Å². The Morgan fingerprint density at radius 1 is 1.17 bits per heavy atom. The molecule has 5 nitrogen and oxygen atoms in total. The zero-order chi connectivity index (χ0) is 12.8. The summed E-state index contributed by atoms with van der Waals surface area (Å²) in [5, 5.41) is 0. The van der Waals surface area contributed by atoms with E-state index in [-0.39, 0.29) is 0 Å². The molecular weight excluding hydrogens is 230 g/mol. The zero-order valence-electron chi connectivity index (χ0n) is 10.8. The fraction of sp³-hybridized carbons (Fsp3) is 0.538. The predicted molar refractivity (Wildman–Crippen MR) is 71.8 cm³/mol. The van der Waals surface area contributed by atoms with Gasteiger partial charge in [0.05, 0.1) is 19.4 Å². The smallest absolute Gasteiger partial charge is 0.142 e. The van der Waals surface area contributed by atoms with E-state index < -0.39 is 0 Å². The Morgan fingerprint density at radius 3 is 2.56 bits per heavy atom. The van der Waals surface area contributed by atoms with Crippen LogP contribution in [0.4, 0.5) is 5.69 Å². The largest absolute Gasteiger partial charge is 0.495 e. The van der Waals surface area contributed by atoms with Crippen molar-refractivity contribution in [2.24, 2.45) is 5.90 Å². The van der Waals surface area contributed by atoms with E-state index >= 15 is 0 Å². The van der Waals surface area contributed by atoms with Crippen molar-refractivity contribution in [3.05, 3.63) is 24.3 Å². The number of piperazine rings is 1. The van der Waals surface area contributed by atoms with Crippen LogP contribution in [0.5, 0.6) is 5.75 Å². The van der Waals surface area contributed by atoms with Gasteiger partial charge in [-0.15, -0.1) is 0 Å². The monoisotopic (exact) mass is 251 g/mol. The van der Waals surface area contributed by atoms with Crippen molar-refractivity contribution in [1.29, 1.82) is 0 Å². The number of ether oxygens (including phenoxy) is 1. The molecule has 1 heterocycles. The van der Waals surface area contributed by atoms with Gasteiger partial charge in [0, 0.05) is 32.7 Å². The molecule has 18 heavy (non-hydrogen) atoms. The third kappa shape index (κ3) is 3.13. The molecule has 0 radical (unpaired) electrons. The number of benzene rings is 1. The molecule has 1 saturated heterocycles. The van der Waals surface area contributed by atoms with Gasteiger partial charge in [0.25, 0.3) is 0 Å². The standard InChI is InChI=1S/C13H21N3O2/c1-17-13-5-3-2-4-12(13)16-8-6-15(7-9-16)10-11-18-14/h2-5H,6-11,14H2,1H3. The fourth-order valence-electron chi connectivity index (χ4n) is 2.29. The summed E-state index contributed by atoms with van der Waals surface area (Å²) >= 11 is 0. The summed E-state index contributed by atoms with van der Waals surface area (Å²) in [7, 11) is 1.72. The number of hydrogen-bond acceptors (Lipinski definition) is 5. The van der Waals surface area contributed by atoms with E-state index in [9.17, 15) is 0 Å². The van der Waals surface area contributed by atoms with Crippen molar-refractivity contribution < 1.29 is 9.57 Å². The van der Waals surface area contributed by atoms with Crippen LogP contribution in [0.3, 0.4) is 0 Å². The molecule has 1 aliphatic rings. The van der Waals surface area contributed by atoms with Gasteiger partial charge in [-0.1, -0.05) is 12.1 Å². The van der Waals surface area contributed by atoms with Gasteiger partial charge < -0.3 is 14.5 Å². The van der Waals surface area contributed by atoms with E-state index in [2.05, 4.69) is 20.7 Å². The Kier molecular flexibility index (Phi) is 4.81. The molecule has 1 fully saturated rings. The van der Waals surface area contributed by atoms with E-state index in [4.69, 9.17) is 10.6 Å². The van der Waals surface area contributed by atoms with Crippen molar-refractivity contribution in [3.8, 4) is 5.75 Å². The van der Waals surface area contributed by atoms with E-state index in [1.165, 1.54) is 5.69 Å². The molecule has 2 rings (SSSR count). The number of anilines is 1. The highest BCUT2D eigenvalue weighted by molar-refractivity contribution is 5.58. The van der Waals surface area contributed by atoms with Crippen molar-refractivity contribution in [2.75, 3.05) is 51.3 Å². The molecule has 0 spiro atoms. The van der Waals surface area contributed by atoms with Gasteiger partial charge in [-0.3, -0.25) is 4.90 Å². The molecule has 0 amide bonds. The van der Waals surface area contributed by atoms with Gasteiger partial charge in [0.1, 0.15) is 5.75 Å². The van der Waals surface area contributed by atoms with Crippen LogP contribution < -0.4 is 15.5 Å². The van der Waals surface area contributed by atoms with Gasteiger partial charge in [-0.05, 0) is 12.1 Å². The number of para-hydroxylation sites is 2. The molecular formula is C13H21N3O2. The molecule has 1 aliphatic heterocycles. The first-order chi connectivity index (χ1) is 8.85. The third-order valence-electron chi connectivity index (χ3n) is 3.32. The van der Waals surface area contributed by atoms with Gasteiger partial charge in [-0.2, -0.15) is 0 Å². The molecule has 100 valence electrons. The summed E-state index contributed by atoms with van der Waals surface area (Å²) in [6.45, 7) is 5.56. The quantitative estimate of drug-likeness (QED) is 0.781. The van der Waals surface area contributed by atoms with Gasteiger partial charge in [0.2, 0.25) is 0 Å². The number of hydrogen-bond donors (Lipinski definition) is 1. The summed E-state index contributed by atoms with van der Waals surface area (Å²) in [6.07, 6.45) is 0. The van der Waals surface area contributed by atoms with Crippen molar-refractivity contribution in [1.82, 2.24) is 4.90 Å². The lowest BCUT2D eigenvalue weighted by molar-refractivity contribution is 0.103. The number of nitrogens with two attached hydrogens (primary N) is 1. The Labute approximate surface area is 108 Å². The second-order valence-corrected chi connectivity index (χ2v) is 4.37. The van der Waals surface area contributed by atoms with Crippen LogP contribution >= 0.6 is 0 Å². The first-order valence-electron chi connectivity index (χ1n) is 6.27. The first kappa shape index (κ1) is 13.1. The average Bonchev–Trinajstić information content (AvgIpc) is 2.45. The van der Waals surface area contributed by atoms with Crippen LogP contribution in [0.2, 0.25) is 0 Å². The van der Waals surface area contributed by atoms with Crippen LogP contribution in [0, 0.1) is 0 Å². The van der Waals surface area contributed by atoms with E-state index in [0.717, 1.165) is 38.5 Å². The highest BCUT2D eigenvalue weighted by atomic mass is 16.6. The molecule has 0 atom stereocenters. The molecule has 5 heteroatoms. The Hall–Kier alpha value is -1.30. The minimum Gasteiger partial charge on any atom is -0.495 e. The van der Waals surface area contributed by atoms with Gasteiger partial charge >= 0.3 is 0 Å². The molecule has 1 aromatic rings. The third-order valence-corrected chi connectivity index (χ3v) is 3.32. The Bertz CT molecular complexity index is 365. The lowest BCUT2D eigenvalue weighted by Gasteiger charge is -2.36. The molecule has 2 N–H and O–H groups in total. The van der Waals surface area contributed by atoms with E-state index in [1.807, 2.05) is 18.2 Å². The molecule has 0 aromatic heterocycles. The Balaban J connectivity index is 1.92. The SMILES string of the molecule is COc1ccccc1N1CCN(CCON)CC1.